The van der Waals surface area contributed by atoms with Gasteiger partial charge in [0.25, 0.3) is 0 Å². The van der Waals surface area contributed by atoms with E-state index in [1.54, 1.807) is 0 Å². The van der Waals surface area contributed by atoms with Crippen molar-refractivity contribution in [3.8, 4) is 0 Å². The molecule has 1 aliphatic rings. The van der Waals surface area contributed by atoms with Crippen molar-refractivity contribution in [2.75, 3.05) is 6.54 Å². The maximum absolute atomic E-state index is 11.5. The van der Waals surface area contributed by atoms with Gasteiger partial charge in [0.15, 0.2) is 0 Å². The van der Waals surface area contributed by atoms with Gasteiger partial charge in [0, 0.05) is 12.1 Å². The number of carbonyl (C=O) groups is 1. The molecule has 0 bridgehead atoms. The Morgan fingerprint density at radius 1 is 1.24 bits per heavy atom. The van der Waals surface area contributed by atoms with Crippen LogP contribution in [0.5, 0.6) is 0 Å². The van der Waals surface area contributed by atoms with Gasteiger partial charge in [-0.1, -0.05) is 19.3 Å². The van der Waals surface area contributed by atoms with E-state index < -0.39 is 0 Å². The summed E-state index contributed by atoms with van der Waals surface area (Å²) >= 11 is 0. The van der Waals surface area contributed by atoms with Crippen LogP contribution in [-0.4, -0.2) is 23.7 Å². The van der Waals surface area contributed by atoms with E-state index in [-0.39, 0.29) is 17.1 Å². The molecule has 1 fully saturated rings. The van der Waals surface area contributed by atoms with Gasteiger partial charge in [-0.3, -0.25) is 4.79 Å². The Hall–Kier alpha value is -0.570. The molecule has 1 N–H and O–H groups in total. The third-order valence-electron chi connectivity index (χ3n) is 3.26. The Labute approximate surface area is 105 Å². The number of ether oxygens (including phenoxy) is 1. The first-order valence-electron chi connectivity index (χ1n) is 6.78. The lowest BCUT2D eigenvalue weighted by atomic mass is 9.83. The Morgan fingerprint density at radius 2 is 1.82 bits per heavy atom. The molecule has 0 aromatic rings. The normalized spacial score (nSPS) is 20.0. The molecule has 100 valence electrons. The van der Waals surface area contributed by atoms with Crippen LogP contribution in [0.3, 0.4) is 0 Å². The van der Waals surface area contributed by atoms with E-state index in [2.05, 4.69) is 12.2 Å². The monoisotopic (exact) mass is 241 g/mol. The largest absolute Gasteiger partial charge is 0.460 e. The molecule has 17 heavy (non-hydrogen) atoms. The first-order chi connectivity index (χ1) is 7.81. The van der Waals surface area contributed by atoms with E-state index in [0.29, 0.717) is 6.42 Å². The van der Waals surface area contributed by atoms with Crippen molar-refractivity contribution >= 4 is 5.97 Å². The summed E-state index contributed by atoms with van der Waals surface area (Å²) in [6, 6.07) is 0. The highest BCUT2D eigenvalue weighted by Gasteiger charge is 2.26. The summed E-state index contributed by atoms with van der Waals surface area (Å²) in [5.41, 5.74) is -0.133. The smallest absolute Gasteiger partial charge is 0.307 e. The van der Waals surface area contributed by atoms with Crippen molar-refractivity contribution in [3.63, 3.8) is 0 Å². The van der Waals surface area contributed by atoms with Gasteiger partial charge >= 0.3 is 5.97 Å². The molecule has 0 saturated heterocycles. The fourth-order valence-electron chi connectivity index (χ4n) is 2.37. The topological polar surface area (TPSA) is 38.3 Å². The number of nitrogens with one attached hydrogen (secondary N) is 1. The van der Waals surface area contributed by atoms with Crippen LogP contribution in [0.4, 0.5) is 0 Å². The Balaban J connectivity index is 2.20. The summed E-state index contributed by atoms with van der Waals surface area (Å²) in [4.78, 5) is 11.5. The highest BCUT2D eigenvalue weighted by molar-refractivity contribution is 5.70. The number of rotatable bonds is 4. The van der Waals surface area contributed by atoms with Crippen molar-refractivity contribution in [2.45, 2.75) is 77.4 Å². The van der Waals surface area contributed by atoms with Crippen LogP contribution in [-0.2, 0) is 9.53 Å². The summed E-state index contributed by atoms with van der Waals surface area (Å²) in [6.45, 7) is 8.70. The van der Waals surface area contributed by atoms with E-state index in [0.717, 1.165) is 6.54 Å². The van der Waals surface area contributed by atoms with Gasteiger partial charge < -0.3 is 10.1 Å². The zero-order chi connectivity index (χ0) is 12.9. The van der Waals surface area contributed by atoms with Crippen molar-refractivity contribution in [3.05, 3.63) is 0 Å². The van der Waals surface area contributed by atoms with E-state index in [9.17, 15) is 4.79 Å². The zero-order valence-electron chi connectivity index (χ0n) is 11.8. The first-order valence-corrected chi connectivity index (χ1v) is 6.78. The molecule has 0 aromatic carbocycles. The first kappa shape index (κ1) is 14.5. The van der Waals surface area contributed by atoms with Crippen molar-refractivity contribution in [1.29, 1.82) is 0 Å². The van der Waals surface area contributed by atoms with Gasteiger partial charge in [-0.25, -0.2) is 0 Å². The lowest BCUT2D eigenvalue weighted by Gasteiger charge is -2.34. The zero-order valence-corrected chi connectivity index (χ0v) is 11.8. The molecule has 3 heteroatoms. The SMILES string of the molecule is CC1(NCCC(=O)OC(C)(C)C)CCCCC1. The van der Waals surface area contributed by atoms with Gasteiger partial charge in [0.05, 0.1) is 6.42 Å². The van der Waals surface area contributed by atoms with Crippen LogP contribution >= 0.6 is 0 Å². The van der Waals surface area contributed by atoms with E-state index in [1.807, 2.05) is 20.8 Å². The Bertz CT molecular complexity index is 249. The van der Waals surface area contributed by atoms with Crippen LogP contribution < -0.4 is 5.32 Å². The van der Waals surface area contributed by atoms with Gasteiger partial charge in [-0.15, -0.1) is 0 Å². The van der Waals surface area contributed by atoms with Gasteiger partial charge in [0.2, 0.25) is 0 Å². The molecule has 1 rings (SSSR count). The summed E-state index contributed by atoms with van der Waals surface area (Å²) in [5.74, 6) is -0.107. The molecule has 3 nitrogen and oxygen atoms in total. The average molecular weight is 241 g/mol. The van der Waals surface area contributed by atoms with E-state index >= 15 is 0 Å². The predicted octanol–water partition coefficient (Wildman–Crippen LogP) is 3.03. The third-order valence-corrected chi connectivity index (χ3v) is 3.26. The summed E-state index contributed by atoms with van der Waals surface area (Å²) in [5, 5.41) is 3.51. The predicted molar refractivity (Wildman–Crippen MR) is 70.0 cm³/mol. The van der Waals surface area contributed by atoms with Crippen LogP contribution in [0.1, 0.15) is 66.2 Å². The van der Waals surface area contributed by atoms with Crippen LogP contribution in [0, 0.1) is 0 Å². The van der Waals surface area contributed by atoms with Crippen molar-refractivity contribution < 1.29 is 9.53 Å². The highest BCUT2D eigenvalue weighted by Crippen LogP contribution is 2.27. The lowest BCUT2D eigenvalue weighted by molar-refractivity contribution is -0.154. The molecular formula is C14H27NO2. The fourth-order valence-corrected chi connectivity index (χ4v) is 2.37. The minimum absolute atomic E-state index is 0.107. The van der Waals surface area contributed by atoms with Gasteiger partial charge in [-0.05, 0) is 40.5 Å². The summed E-state index contributed by atoms with van der Waals surface area (Å²) in [7, 11) is 0. The lowest BCUT2D eigenvalue weighted by Crippen LogP contribution is -2.44. The van der Waals surface area contributed by atoms with Crippen LogP contribution in [0.2, 0.25) is 0 Å². The van der Waals surface area contributed by atoms with Crippen molar-refractivity contribution in [1.82, 2.24) is 5.32 Å². The molecular weight excluding hydrogens is 214 g/mol. The Kier molecular flexibility index (Phi) is 4.99. The second-order valence-corrected chi connectivity index (χ2v) is 6.38. The number of hydrogen-bond acceptors (Lipinski definition) is 3. The quantitative estimate of drug-likeness (QED) is 0.769. The Morgan fingerprint density at radius 3 is 2.35 bits per heavy atom. The summed E-state index contributed by atoms with van der Waals surface area (Å²) < 4.78 is 5.28. The minimum atomic E-state index is -0.369. The highest BCUT2D eigenvalue weighted by atomic mass is 16.6. The standard InChI is InChI=1S/C14H27NO2/c1-13(2,3)17-12(16)8-11-15-14(4)9-6-5-7-10-14/h15H,5-11H2,1-4H3. The molecule has 0 atom stereocenters. The van der Waals surface area contributed by atoms with Gasteiger partial charge in [0.1, 0.15) is 5.60 Å². The molecule has 0 heterocycles. The van der Waals surface area contributed by atoms with Crippen LogP contribution in [0.25, 0.3) is 0 Å². The minimum Gasteiger partial charge on any atom is -0.460 e. The van der Waals surface area contributed by atoms with E-state index in [1.165, 1.54) is 32.1 Å². The molecule has 0 aromatic heterocycles. The van der Waals surface area contributed by atoms with Crippen molar-refractivity contribution in [2.24, 2.45) is 0 Å². The molecule has 0 unspecified atom stereocenters. The summed E-state index contributed by atoms with van der Waals surface area (Å²) in [6.07, 6.45) is 6.87. The second-order valence-electron chi connectivity index (χ2n) is 6.38. The fraction of sp³-hybridized carbons (Fsp3) is 0.929. The average Bonchev–Trinajstić information content (AvgIpc) is 2.15. The molecule has 1 aliphatic carbocycles. The van der Waals surface area contributed by atoms with Gasteiger partial charge in [-0.2, -0.15) is 0 Å². The molecule has 0 radical (unpaired) electrons. The van der Waals surface area contributed by atoms with E-state index in [4.69, 9.17) is 4.74 Å². The van der Waals surface area contributed by atoms with Crippen LogP contribution in [0.15, 0.2) is 0 Å². The number of carbonyl (C=O) groups excluding carboxylic acids is 1. The second kappa shape index (κ2) is 5.85. The maximum Gasteiger partial charge on any atom is 0.307 e. The molecule has 0 spiro atoms. The maximum atomic E-state index is 11.5. The number of esters is 1. The molecule has 1 saturated carbocycles. The third kappa shape index (κ3) is 6.06. The number of hydrogen-bond donors (Lipinski definition) is 1. The molecule has 0 amide bonds. The molecule has 0 aliphatic heterocycles.